The van der Waals surface area contributed by atoms with Crippen LogP contribution in [0.4, 0.5) is 11.4 Å². The second-order valence-corrected chi connectivity index (χ2v) is 5.71. The molecule has 132 valence electrons. The average Bonchev–Trinajstić information content (AvgIpc) is 2.62. The first-order valence-corrected chi connectivity index (χ1v) is 8.52. The first-order chi connectivity index (χ1) is 12.1. The molecule has 2 rings (SSSR count). The summed E-state index contributed by atoms with van der Waals surface area (Å²) in [6.45, 7) is 3.97. The van der Waals surface area contributed by atoms with Gasteiger partial charge in [-0.1, -0.05) is 26.0 Å². The molecular weight excluding hydrogens is 316 g/mol. The van der Waals surface area contributed by atoms with Gasteiger partial charge >= 0.3 is 0 Å². The van der Waals surface area contributed by atoms with Gasteiger partial charge in [-0.15, -0.1) is 0 Å². The Hall–Kier alpha value is -2.82. The highest BCUT2D eigenvalue weighted by atomic mass is 16.5. The van der Waals surface area contributed by atoms with Gasteiger partial charge in [0, 0.05) is 17.8 Å². The van der Waals surface area contributed by atoms with Gasteiger partial charge in [0.1, 0.15) is 5.75 Å². The maximum atomic E-state index is 12.0. The van der Waals surface area contributed by atoms with Crippen LogP contribution in [0.15, 0.2) is 48.5 Å². The number of nitrogens with one attached hydrogen (secondary N) is 2. The summed E-state index contributed by atoms with van der Waals surface area (Å²) in [6.07, 6.45) is 2.22. The highest BCUT2D eigenvalue weighted by Crippen LogP contribution is 2.15. The van der Waals surface area contributed by atoms with E-state index < -0.39 is 0 Å². The zero-order valence-electron chi connectivity index (χ0n) is 14.7. The fourth-order valence-corrected chi connectivity index (χ4v) is 2.29. The lowest BCUT2D eigenvalue weighted by Crippen LogP contribution is -2.20. The van der Waals surface area contributed by atoms with E-state index in [0.717, 1.165) is 12.8 Å². The molecule has 0 radical (unpaired) electrons. The van der Waals surface area contributed by atoms with E-state index in [4.69, 9.17) is 4.74 Å². The summed E-state index contributed by atoms with van der Waals surface area (Å²) in [4.78, 5) is 23.5. The second-order valence-electron chi connectivity index (χ2n) is 5.71. The van der Waals surface area contributed by atoms with E-state index in [1.54, 1.807) is 24.3 Å². The number of aryl methyl sites for hydroxylation is 1. The van der Waals surface area contributed by atoms with Gasteiger partial charge in [0.25, 0.3) is 5.91 Å². The van der Waals surface area contributed by atoms with Gasteiger partial charge in [0.05, 0.1) is 0 Å². The van der Waals surface area contributed by atoms with Gasteiger partial charge in [-0.05, 0) is 54.8 Å². The van der Waals surface area contributed by atoms with Gasteiger partial charge in [0.2, 0.25) is 5.91 Å². The molecule has 0 atom stereocenters. The molecule has 0 saturated carbocycles. The Morgan fingerprint density at radius 2 is 1.56 bits per heavy atom. The summed E-state index contributed by atoms with van der Waals surface area (Å²) in [7, 11) is 0. The van der Waals surface area contributed by atoms with Crippen molar-refractivity contribution in [2.24, 2.45) is 0 Å². The van der Waals surface area contributed by atoms with Crippen LogP contribution in [-0.4, -0.2) is 18.4 Å². The van der Waals surface area contributed by atoms with Gasteiger partial charge in [-0.2, -0.15) is 0 Å². The highest BCUT2D eigenvalue weighted by molar-refractivity contribution is 5.93. The zero-order valence-corrected chi connectivity index (χ0v) is 14.7. The Labute approximate surface area is 148 Å². The molecular formula is C20H24N2O3. The van der Waals surface area contributed by atoms with Crippen LogP contribution in [0.25, 0.3) is 0 Å². The van der Waals surface area contributed by atoms with Crippen LogP contribution in [-0.2, 0) is 16.0 Å². The van der Waals surface area contributed by atoms with Crippen LogP contribution < -0.4 is 15.4 Å². The first-order valence-electron chi connectivity index (χ1n) is 8.52. The van der Waals surface area contributed by atoms with Crippen LogP contribution in [0.2, 0.25) is 0 Å². The number of amides is 2. The number of hydrogen-bond acceptors (Lipinski definition) is 3. The average molecular weight is 340 g/mol. The van der Waals surface area contributed by atoms with Crippen molar-refractivity contribution in [3.05, 3.63) is 54.1 Å². The highest BCUT2D eigenvalue weighted by Gasteiger charge is 2.05. The zero-order chi connectivity index (χ0) is 18.1. The fourth-order valence-electron chi connectivity index (χ4n) is 2.29. The van der Waals surface area contributed by atoms with Crippen molar-refractivity contribution in [3.8, 4) is 5.75 Å². The summed E-state index contributed by atoms with van der Waals surface area (Å²) in [5.74, 6) is 0.440. The standard InChI is InChI=1S/C20H24N2O3/c1-3-6-19(23)21-16-9-11-17(12-10-16)22-20(24)14-25-18-8-5-7-15(4-2)13-18/h5,7-13H,3-4,6,14H2,1-2H3,(H,21,23)(H,22,24). The van der Waals surface area contributed by atoms with Gasteiger partial charge < -0.3 is 15.4 Å². The third kappa shape index (κ3) is 6.30. The number of carbonyl (C=O) groups is 2. The predicted molar refractivity (Wildman–Crippen MR) is 99.9 cm³/mol. The normalized spacial score (nSPS) is 10.2. The van der Waals surface area contributed by atoms with Crippen molar-refractivity contribution in [3.63, 3.8) is 0 Å². The summed E-state index contributed by atoms with van der Waals surface area (Å²) >= 11 is 0. The largest absolute Gasteiger partial charge is 0.484 e. The van der Waals surface area contributed by atoms with E-state index in [9.17, 15) is 9.59 Å². The summed E-state index contributed by atoms with van der Waals surface area (Å²) < 4.78 is 5.52. The quantitative estimate of drug-likeness (QED) is 0.763. The van der Waals surface area contributed by atoms with E-state index in [1.807, 2.05) is 31.2 Å². The minimum absolute atomic E-state index is 0.0120. The number of anilines is 2. The van der Waals surface area contributed by atoms with E-state index in [-0.39, 0.29) is 18.4 Å². The molecule has 0 aliphatic carbocycles. The Morgan fingerprint density at radius 1 is 0.920 bits per heavy atom. The molecule has 2 aromatic carbocycles. The summed E-state index contributed by atoms with van der Waals surface area (Å²) in [6, 6.07) is 14.7. The Morgan fingerprint density at radius 3 is 2.16 bits per heavy atom. The lowest BCUT2D eigenvalue weighted by Gasteiger charge is -2.09. The second kappa shape index (κ2) is 9.47. The molecule has 0 spiro atoms. The molecule has 25 heavy (non-hydrogen) atoms. The molecule has 2 amide bonds. The van der Waals surface area contributed by atoms with E-state index >= 15 is 0 Å². The predicted octanol–water partition coefficient (Wildman–Crippen LogP) is 4.01. The maximum absolute atomic E-state index is 12.0. The van der Waals surface area contributed by atoms with Crippen molar-refractivity contribution >= 4 is 23.2 Å². The van der Waals surface area contributed by atoms with E-state index in [1.165, 1.54) is 5.56 Å². The van der Waals surface area contributed by atoms with Crippen LogP contribution >= 0.6 is 0 Å². The Balaban J connectivity index is 1.82. The third-order valence-electron chi connectivity index (χ3n) is 3.61. The molecule has 5 nitrogen and oxygen atoms in total. The lowest BCUT2D eigenvalue weighted by atomic mass is 10.2. The van der Waals surface area contributed by atoms with Crippen LogP contribution in [0.3, 0.4) is 0 Å². The first kappa shape index (κ1) is 18.5. The number of benzene rings is 2. The van der Waals surface area contributed by atoms with Crippen molar-refractivity contribution in [2.45, 2.75) is 33.1 Å². The molecule has 0 bridgehead atoms. The Kier molecular flexibility index (Phi) is 7.01. The van der Waals surface area contributed by atoms with Crippen molar-refractivity contribution in [1.82, 2.24) is 0 Å². The molecule has 0 aromatic heterocycles. The molecule has 2 aromatic rings. The number of carbonyl (C=O) groups excluding carboxylic acids is 2. The minimum Gasteiger partial charge on any atom is -0.484 e. The Bertz CT molecular complexity index is 711. The molecule has 2 N–H and O–H groups in total. The molecule has 0 heterocycles. The molecule has 0 unspecified atom stereocenters. The van der Waals surface area contributed by atoms with Crippen LogP contribution in [0.1, 0.15) is 32.3 Å². The third-order valence-corrected chi connectivity index (χ3v) is 3.61. The number of hydrogen-bond donors (Lipinski definition) is 2. The van der Waals surface area contributed by atoms with Crippen molar-refractivity contribution in [2.75, 3.05) is 17.2 Å². The molecule has 5 heteroatoms. The summed E-state index contributed by atoms with van der Waals surface area (Å²) in [5, 5.41) is 5.57. The fraction of sp³-hybridized carbons (Fsp3) is 0.300. The van der Waals surface area contributed by atoms with Crippen LogP contribution in [0.5, 0.6) is 5.75 Å². The minimum atomic E-state index is -0.232. The van der Waals surface area contributed by atoms with E-state index in [0.29, 0.717) is 23.5 Å². The van der Waals surface area contributed by atoms with E-state index in [2.05, 4.69) is 17.6 Å². The molecule has 0 saturated heterocycles. The number of rotatable bonds is 8. The maximum Gasteiger partial charge on any atom is 0.262 e. The monoisotopic (exact) mass is 340 g/mol. The smallest absolute Gasteiger partial charge is 0.262 e. The topological polar surface area (TPSA) is 67.4 Å². The number of ether oxygens (including phenoxy) is 1. The SMILES string of the molecule is CCCC(=O)Nc1ccc(NC(=O)COc2cccc(CC)c2)cc1. The van der Waals surface area contributed by atoms with Gasteiger partial charge in [-0.25, -0.2) is 0 Å². The summed E-state index contributed by atoms with van der Waals surface area (Å²) in [5.41, 5.74) is 2.53. The van der Waals surface area contributed by atoms with Gasteiger partial charge in [0.15, 0.2) is 6.61 Å². The molecule has 0 aliphatic heterocycles. The molecule has 0 aliphatic rings. The van der Waals surface area contributed by atoms with Gasteiger partial charge in [-0.3, -0.25) is 9.59 Å². The lowest BCUT2D eigenvalue weighted by molar-refractivity contribution is -0.118. The molecule has 0 fully saturated rings. The van der Waals surface area contributed by atoms with Crippen molar-refractivity contribution in [1.29, 1.82) is 0 Å². The van der Waals surface area contributed by atoms with Crippen LogP contribution in [0, 0.1) is 0 Å². The van der Waals surface area contributed by atoms with Crippen molar-refractivity contribution < 1.29 is 14.3 Å².